The number of carbonyl (C=O) groups is 1. The first-order valence-corrected chi connectivity index (χ1v) is 7.27. The van der Waals surface area contributed by atoms with Crippen molar-refractivity contribution in [3.8, 4) is 0 Å². The maximum Gasteiger partial charge on any atom is 0.274 e. The molecular formula is C13H17N7O. The van der Waals surface area contributed by atoms with Gasteiger partial charge in [0, 0.05) is 38.2 Å². The molecule has 4 heterocycles. The van der Waals surface area contributed by atoms with E-state index in [0.29, 0.717) is 18.8 Å². The number of carbonyl (C=O) groups excluding carboxylic acids is 1. The average Bonchev–Trinajstić information content (AvgIpc) is 3.08. The maximum absolute atomic E-state index is 12.6. The Morgan fingerprint density at radius 1 is 1.24 bits per heavy atom. The van der Waals surface area contributed by atoms with E-state index in [1.54, 1.807) is 4.90 Å². The van der Waals surface area contributed by atoms with E-state index in [0.717, 1.165) is 49.6 Å². The molecule has 0 aromatic carbocycles. The maximum atomic E-state index is 12.6. The van der Waals surface area contributed by atoms with E-state index < -0.39 is 0 Å². The van der Waals surface area contributed by atoms with Crippen molar-refractivity contribution in [2.75, 3.05) is 19.6 Å². The van der Waals surface area contributed by atoms with Gasteiger partial charge in [0.2, 0.25) is 0 Å². The molecular weight excluding hydrogens is 270 g/mol. The molecule has 21 heavy (non-hydrogen) atoms. The van der Waals surface area contributed by atoms with Crippen LogP contribution in [0.3, 0.4) is 0 Å². The van der Waals surface area contributed by atoms with Crippen LogP contribution in [0.25, 0.3) is 0 Å². The van der Waals surface area contributed by atoms with Crippen LogP contribution in [0.2, 0.25) is 0 Å². The minimum absolute atomic E-state index is 0.0165. The van der Waals surface area contributed by atoms with Gasteiger partial charge in [-0.2, -0.15) is 5.10 Å². The molecule has 0 atom stereocenters. The van der Waals surface area contributed by atoms with Crippen LogP contribution in [0.1, 0.15) is 27.6 Å². The van der Waals surface area contributed by atoms with Crippen LogP contribution in [0, 0.1) is 0 Å². The van der Waals surface area contributed by atoms with Crippen molar-refractivity contribution in [2.24, 2.45) is 0 Å². The Morgan fingerprint density at radius 2 is 2.19 bits per heavy atom. The Balaban J connectivity index is 1.55. The number of H-pyrrole nitrogens is 1. The monoisotopic (exact) mass is 287 g/mol. The second kappa shape index (κ2) is 4.96. The van der Waals surface area contributed by atoms with Crippen molar-refractivity contribution in [1.29, 1.82) is 0 Å². The third kappa shape index (κ3) is 2.21. The van der Waals surface area contributed by atoms with Crippen LogP contribution >= 0.6 is 0 Å². The minimum Gasteiger partial charge on any atom is -0.331 e. The Hall–Kier alpha value is -2.22. The fourth-order valence-corrected chi connectivity index (χ4v) is 2.92. The lowest BCUT2D eigenvalue weighted by atomic mass is 10.1. The third-order valence-electron chi connectivity index (χ3n) is 4.10. The summed E-state index contributed by atoms with van der Waals surface area (Å²) in [7, 11) is 0. The molecule has 0 spiro atoms. The summed E-state index contributed by atoms with van der Waals surface area (Å²) >= 11 is 0. The Kier molecular flexibility index (Phi) is 2.95. The van der Waals surface area contributed by atoms with E-state index in [1.807, 2.05) is 10.7 Å². The number of hydrogen-bond donors (Lipinski definition) is 2. The summed E-state index contributed by atoms with van der Waals surface area (Å²) in [6, 6.07) is 1.92. The molecule has 8 nitrogen and oxygen atoms in total. The number of aromatic nitrogens is 5. The van der Waals surface area contributed by atoms with Gasteiger partial charge in [0.15, 0.2) is 5.69 Å². The van der Waals surface area contributed by atoms with Gasteiger partial charge in [0.05, 0.1) is 18.8 Å². The summed E-state index contributed by atoms with van der Waals surface area (Å²) in [4.78, 5) is 14.4. The second-order valence-electron chi connectivity index (χ2n) is 5.46. The van der Waals surface area contributed by atoms with Crippen molar-refractivity contribution in [2.45, 2.75) is 25.9 Å². The number of nitrogens with one attached hydrogen (secondary N) is 2. The van der Waals surface area contributed by atoms with E-state index in [1.165, 1.54) is 0 Å². The summed E-state index contributed by atoms with van der Waals surface area (Å²) in [5.74, 6) is -0.0165. The van der Waals surface area contributed by atoms with Crippen molar-refractivity contribution in [1.82, 2.24) is 35.4 Å². The van der Waals surface area contributed by atoms with Crippen molar-refractivity contribution in [3.63, 3.8) is 0 Å². The van der Waals surface area contributed by atoms with E-state index >= 15 is 0 Å². The summed E-state index contributed by atoms with van der Waals surface area (Å²) in [5.41, 5.74) is 3.56. The van der Waals surface area contributed by atoms with Crippen LogP contribution in [0.4, 0.5) is 0 Å². The number of fused-ring (bicyclic) bond motifs is 2. The van der Waals surface area contributed by atoms with Crippen LogP contribution in [-0.2, 0) is 25.9 Å². The van der Waals surface area contributed by atoms with E-state index in [4.69, 9.17) is 0 Å². The molecule has 0 saturated carbocycles. The summed E-state index contributed by atoms with van der Waals surface area (Å²) in [6.07, 6.45) is 1.68. The zero-order valence-corrected chi connectivity index (χ0v) is 11.7. The number of rotatable bonds is 1. The first-order valence-electron chi connectivity index (χ1n) is 7.27. The fraction of sp³-hybridized carbons (Fsp3) is 0.538. The molecule has 4 rings (SSSR count). The van der Waals surface area contributed by atoms with Crippen LogP contribution in [0.5, 0.6) is 0 Å². The molecule has 0 unspecified atom stereocenters. The second-order valence-corrected chi connectivity index (χ2v) is 5.46. The van der Waals surface area contributed by atoms with Gasteiger partial charge in [-0.15, -0.1) is 5.10 Å². The van der Waals surface area contributed by atoms with Crippen LogP contribution in [-0.4, -0.2) is 55.6 Å². The number of aromatic amines is 1. The molecule has 0 fully saturated rings. The van der Waals surface area contributed by atoms with Crippen LogP contribution < -0.4 is 5.32 Å². The molecule has 2 aromatic rings. The zero-order valence-electron chi connectivity index (χ0n) is 11.7. The molecule has 2 aliphatic heterocycles. The predicted octanol–water partition coefficient (Wildman–Crippen LogP) is -0.655. The highest BCUT2D eigenvalue weighted by Crippen LogP contribution is 2.17. The first-order chi connectivity index (χ1) is 10.3. The van der Waals surface area contributed by atoms with Crippen LogP contribution in [0.15, 0.2) is 6.07 Å². The Labute approximate surface area is 121 Å². The molecule has 0 aliphatic carbocycles. The average molecular weight is 287 g/mol. The zero-order chi connectivity index (χ0) is 14.2. The van der Waals surface area contributed by atoms with Crippen molar-refractivity contribution in [3.05, 3.63) is 28.8 Å². The number of amides is 1. The lowest BCUT2D eigenvalue weighted by molar-refractivity contribution is 0.0725. The summed E-state index contributed by atoms with van der Waals surface area (Å²) in [5, 5.41) is 18.5. The summed E-state index contributed by atoms with van der Waals surface area (Å²) < 4.78 is 1.94. The van der Waals surface area contributed by atoms with Gasteiger partial charge in [-0.1, -0.05) is 5.21 Å². The Bertz CT molecular complexity index is 650. The summed E-state index contributed by atoms with van der Waals surface area (Å²) in [6.45, 7) is 3.84. The van der Waals surface area contributed by atoms with Gasteiger partial charge in [-0.3, -0.25) is 14.6 Å². The quantitative estimate of drug-likeness (QED) is 0.727. The molecule has 110 valence electrons. The lowest BCUT2D eigenvalue weighted by Crippen LogP contribution is -2.36. The topological polar surface area (TPSA) is 91.7 Å². The molecule has 0 radical (unpaired) electrons. The number of nitrogens with zero attached hydrogens (tertiary/aromatic N) is 5. The van der Waals surface area contributed by atoms with E-state index in [2.05, 4.69) is 25.8 Å². The molecule has 1 amide bonds. The van der Waals surface area contributed by atoms with Gasteiger partial charge in [-0.05, 0) is 6.07 Å². The molecule has 0 bridgehead atoms. The number of hydrogen-bond acceptors (Lipinski definition) is 5. The molecule has 2 N–H and O–H groups in total. The predicted molar refractivity (Wildman–Crippen MR) is 73.6 cm³/mol. The van der Waals surface area contributed by atoms with Gasteiger partial charge in [0.25, 0.3) is 5.91 Å². The van der Waals surface area contributed by atoms with Gasteiger partial charge >= 0.3 is 0 Å². The standard InChI is InChI=1S/C13H17N7O/c21-13(19-5-2-10-12(8-19)16-18-15-10)11-7-9-1-3-14-4-6-20(9)17-11/h7,14H,1-6,8H2,(H,15,16,18). The highest BCUT2D eigenvalue weighted by molar-refractivity contribution is 5.92. The van der Waals surface area contributed by atoms with E-state index in [9.17, 15) is 4.79 Å². The van der Waals surface area contributed by atoms with Gasteiger partial charge in [-0.25, -0.2) is 0 Å². The molecule has 0 saturated heterocycles. The van der Waals surface area contributed by atoms with Gasteiger partial charge < -0.3 is 10.2 Å². The smallest absolute Gasteiger partial charge is 0.274 e. The lowest BCUT2D eigenvalue weighted by Gasteiger charge is -2.24. The van der Waals surface area contributed by atoms with E-state index in [-0.39, 0.29) is 5.91 Å². The third-order valence-corrected chi connectivity index (χ3v) is 4.10. The van der Waals surface area contributed by atoms with Gasteiger partial charge in [0.1, 0.15) is 5.69 Å². The first kappa shape index (κ1) is 12.5. The molecule has 8 heteroatoms. The Morgan fingerprint density at radius 3 is 3.14 bits per heavy atom. The normalized spacial score (nSPS) is 18.0. The van der Waals surface area contributed by atoms with Crippen molar-refractivity contribution >= 4 is 5.91 Å². The molecule has 2 aromatic heterocycles. The highest BCUT2D eigenvalue weighted by Gasteiger charge is 2.26. The molecule has 2 aliphatic rings. The largest absolute Gasteiger partial charge is 0.331 e. The highest BCUT2D eigenvalue weighted by atomic mass is 16.2. The SMILES string of the molecule is O=C(c1cc2n(n1)CCNCC2)N1CCc2[nH]nnc2C1. The fourth-order valence-electron chi connectivity index (χ4n) is 2.92. The van der Waals surface area contributed by atoms with Crippen molar-refractivity contribution < 1.29 is 4.79 Å². The minimum atomic E-state index is -0.0165.